The zero-order valence-electron chi connectivity index (χ0n) is 3.17. The van der Waals surface area contributed by atoms with Crippen molar-refractivity contribution >= 4 is 43.4 Å². The molecule has 1 N–H and O–H groups in total. The van der Waals surface area contributed by atoms with Crippen LogP contribution >= 0.6 is 20.3 Å². The Hall–Kier alpha value is 1.27. The average Bonchev–Trinajstić information content (AvgIpc) is 1.35. The van der Waals surface area contributed by atoms with Crippen LogP contribution in [0.25, 0.3) is 0 Å². The van der Waals surface area contributed by atoms with Gasteiger partial charge in [0, 0.05) is 6.26 Å². The van der Waals surface area contributed by atoms with Crippen LogP contribution in [0.5, 0.6) is 0 Å². The molecule has 1 atom stereocenters. The summed E-state index contributed by atoms with van der Waals surface area (Å²) in [4.78, 5) is 7.86. The number of rotatable bonds is 2. The second-order valence-electron chi connectivity index (χ2n) is 0.516. The molecular weight excluding hydrogens is 147 g/mol. The molecule has 0 aromatic heterocycles. The van der Waals surface area contributed by atoms with E-state index in [1.807, 2.05) is 0 Å². The van der Waals surface area contributed by atoms with Crippen LogP contribution in [-0.2, 0) is 8.54 Å². The van der Waals surface area contributed by atoms with Crippen molar-refractivity contribution < 1.29 is 13.4 Å². The Bertz CT molecular complexity index is 58.9. The lowest BCUT2D eigenvalue weighted by atomic mass is 12.0. The SMILES string of the molecule is CSO[PH](=O)O.[MgH2]. The van der Waals surface area contributed by atoms with Gasteiger partial charge < -0.3 is 4.89 Å². The summed E-state index contributed by atoms with van der Waals surface area (Å²) in [5, 5.41) is 0. The summed E-state index contributed by atoms with van der Waals surface area (Å²) >= 11 is 0.892. The van der Waals surface area contributed by atoms with Crippen molar-refractivity contribution in [2.24, 2.45) is 0 Å². The fraction of sp³-hybridized carbons (Fsp3) is 1.00. The van der Waals surface area contributed by atoms with Crippen molar-refractivity contribution in [1.29, 1.82) is 0 Å². The van der Waals surface area contributed by atoms with E-state index in [-0.39, 0.29) is 23.1 Å². The molecule has 0 heterocycles. The van der Waals surface area contributed by atoms with Crippen LogP contribution in [0.3, 0.4) is 0 Å². The van der Waals surface area contributed by atoms with E-state index in [1.165, 1.54) is 0 Å². The van der Waals surface area contributed by atoms with Gasteiger partial charge in [0.05, 0.1) is 0 Å². The second-order valence-corrected chi connectivity index (χ2v) is 2.05. The van der Waals surface area contributed by atoms with Crippen LogP contribution in [0.4, 0.5) is 0 Å². The van der Waals surface area contributed by atoms with Gasteiger partial charge in [0.2, 0.25) is 0 Å². The van der Waals surface area contributed by atoms with Gasteiger partial charge in [0.25, 0.3) is 0 Å². The lowest BCUT2D eigenvalue weighted by molar-refractivity contribution is 0.433. The standard InChI is InChI=1S/CH5O3PS.Mg.2H/c1-6-4-5(2)3;;;/h5H,1H3,(H,2,3);;;. The van der Waals surface area contributed by atoms with Gasteiger partial charge in [0.1, 0.15) is 0 Å². The van der Waals surface area contributed by atoms with E-state index >= 15 is 0 Å². The zero-order chi connectivity index (χ0) is 4.99. The third kappa shape index (κ3) is 11.1. The molecule has 0 saturated heterocycles. The third-order valence-corrected chi connectivity index (χ3v) is 1.39. The first kappa shape index (κ1) is 11.1. The first-order valence-electron chi connectivity index (χ1n) is 1.21. The molecule has 7 heavy (non-hydrogen) atoms. The first-order valence-corrected chi connectivity index (χ1v) is 3.62. The number of hydrogen-bond acceptors (Lipinski definition) is 3. The minimum atomic E-state index is -2.67. The minimum Gasteiger partial charge on any atom is -0.326 e. The van der Waals surface area contributed by atoms with Crippen molar-refractivity contribution in [2.45, 2.75) is 0 Å². The third-order valence-electron chi connectivity index (χ3n) is 0.155. The van der Waals surface area contributed by atoms with Gasteiger partial charge in [-0.3, -0.25) is 4.57 Å². The predicted octanol–water partition coefficient (Wildman–Crippen LogP) is -0.253. The van der Waals surface area contributed by atoms with Crippen LogP contribution in [0, 0.1) is 0 Å². The van der Waals surface area contributed by atoms with Crippen molar-refractivity contribution in [1.82, 2.24) is 0 Å². The summed E-state index contributed by atoms with van der Waals surface area (Å²) < 4.78 is 13.6. The molecule has 1 unspecified atom stereocenters. The summed E-state index contributed by atoms with van der Waals surface area (Å²) in [6.45, 7) is 0. The molecule has 0 radical (unpaired) electrons. The van der Waals surface area contributed by atoms with Gasteiger partial charge in [-0.15, -0.1) is 0 Å². The maximum Gasteiger partial charge on any atom is 0.327 e. The van der Waals surface area contributed by atoms with E-state index in [1.54, 1.807) is 6.26 Å². The van der Waals surface area contributed by atoms with Gasteiger partial charge in [-0.25, -0.2) is 3.97 Å². The van der Waals surface area contributed by atoms with E-state index < -0.39 is 8.25 Å². The molecular formula is CH7MgO3PS. The van der Waals surface area contributed by atoms with Crippen molar-refractivity contribution in [3.63, 3.8) is 0 Å². The molecule has 0 aromatic rings. The Labute approximate surface area is 63.1 Å². The summed E-state index contributed by atoms with van der Waals surface area (Å²) in [6, 6.07) is 0. The predicted molar refractivity (Wildman–Crippen MR) is 34.4 cm³/mol. The summed E-state index contributed by atoms with van der Waals surface area (Å²) in [7, 11) is -2.67. The normalized spacial score (nSPS) is 12.3. The van der Waals surface area contributed by atoms with Crippen LogP contribution in [0.2, 0.25) is 0 Å². The highest BCUT2D eigenvalue weighted by molar-refractivity contribution is 7.96. The molecule has 0 aliphatic heterocycles. The Balaban J connectivity index is 0. The molecule has 0 aliphatic rings. The minimum absolute atomic E-state index is 0. The topological polar surface area (TPSA) is 46.5 Å². The second kappa shape index (κ2) is 7.27. The highest BCUT2D eigenvalue weighted by atomic mass is 32.2. The van der Waals surface area contributed by atoms with Gasteiger partial charge in [0.15, 0.2) is 0 Å². The van der Waals surface area contributed by atoms with E-state index in [0.29, 0.717) is 0 Å². The lowest BCUT2D eigenvalue weighted by Gasteiger charge is -1.84. The Morgan fingerprint density at radius 1 is 1.86 bits per heavy atom. The summed E-state index contributed by atoms with van der Waals surface area (Å²) in [5.74, 6) is 0. The maximum atomic E-state index is 9.54. The van der Waals surface area contributed by atoms with Gasteiger partial charge in [-0.2, -0.15) is 0 Å². The molecule has 0 saturated carbocycles. The van der Waals surface area contributed by atoms with Crippen molar-refractivity contribution in [3.8, 4) is 0 Å². The maximum absolute atomic E-state index is 9.54. The molecule has 0 fully saturated rings. The van der Waals surface area contributed by atoms with Crippen molar-refractivity contribution in [3.05, 3.63) is 0 Å². The fourth-order valence-electron chi connectivity index (χ4n) is 0.0713. The largest absolute Gasteiger partial charge is 0.327 e. The lowest BCUT2D eigenvalue weighted by Crippen LogP contribution is -1.55. The highest BCUT2D eigenvalue weighted by Crippen LogP contribution is 2.20. The molecule has 0 aromatic carbocycles. The Kier molecular flexibility index (Phi) is 11.5. The van der Waals surface area contributed by atoms with Crippen LogP contribution < -0.4 is 0 Å². The molecule has 0 spiro atoms. The van der Waals surface area contributed by atoms with Gasteiger partial charge >= 0.3 is 31.3 Å². The van der Waals surface area contributed by atoms with Crippen molar-refractivity contribution in [2.75, 3.05) is 6.26 Å². The highest BCUT2D eigenvalue weighted by Gasteiger charge is 1.82. The molecule has 0 bridgehead atoms. The van der Waals surface area contributed by atoms with Crippen LogP contribution in [-0.4, -0.2) is 34.2 Å². The molecule has 0 amide bonds. The molecule has 0 rings (SSSR count). The van der Waals surface area contributed by atoms with Gasteiger partial charge in [-0.1, -0.05) is 0 Å². The fourth-order valence-corrected chi connectivity index (χ4v) is 0.642. The van der Waals surface area contributed by atoms with E-state index in [4.69, 9.17) is 4.89 Å². The Morgan fingerprint density at radius 3 is 2.29 bits per heavy atom. The molecule has 42 valence electrons. The van der Waals surface area contributed by atoms with E-state index in [9.17, 15) is 4.57 Å². The monoisotopic (exact) mass is 154 g/mol. The Morgan fingerprint density at radius 2 is 2.29 bits per heavy atom. The van der Waals surface area contributed by atoms with Crippen LogP contribution in [0.1, 0.15) is 0 Å². The zero-order valence-corrected chi connectivity index (χ0v) is 4.99. The smallest absolute Gasteiger partial charge is 0.326 e. The quantitative estimate of drug-likeness (QED) is 0.338. The van der Waals surface area contributed by atoms with Crippen LogP contribution in [0.15, 0.2) is 0 Å². The number of hydrogen-bond donors (Lipinski definition) is 1. The molecule has 3 nitrogen and oxygen atoms in total. The average molecular weight is 154 g/mol. The molecule has 0 aliphatic carbocycles. The van der Waals surface area contributed by atoms with E-state index in [0.717, 1.165) is 12.0 Å². The summed E-state index contributed by atoms with van der Waals surface area (Å²) in [6.07, 6.45) is 1.58. The summed E-state index contributed by atoms with van der Waals surface area (Å²) in [5.41, 5.74) is 0. The van der Waals surface area contributed by atoms with E-state index in [2.05, 4.69) is 3.97 Å². The first-order chi connectivity index (χ1) is 2.77. The van der Waals surface area contributed by atoms with Gasteiger partial charge in [-0.05, 0) is 12.0 Å². The molecule has 6 heteroatoms.